The summed E-state index contributed by atoms with van der Waals surface area (Å²) in [5.74, 6) is -0.873. The Kier molecular flexibility index (Phi) is 5.12. The molecule has 0 bridgehead atoms. The van der Waals surface area contributed by atoms with E-state index in [1.54, 1.807) is 42.5 Å². The number of carbonyl (C=O) groups excluding carboxylic acids is 3. The fourth-order valence-electron chi connectivity index (χ4n) is 4.34. The summed E-state index contributed by atoms with van der Waals surface area (Å²) in [7, 11) is 0. The van der Waals surface area contributed by atoms with Gasteiger partial charge in [-0.3, -0.25) is 19.3 Å². The summed E-state index contributed by atoms with van der Waals surface area (Å²) in [6.07, 6.45) is 1.96. The van der Waals surface area contributed by atoms with E-state index in [9.17, 15) is 14.4 Å². The van der Waals surface area contributed by atoms with Crippen molar-refractivity contribution >= 4 is 35.0 Å². The molecule has 0 saturated carbocycles. The molecule has 1 fully saturated rings. The lowest BCUT2D eigenvalue weighted by Crippen LogP contribution is -2.70. The quantitative estimate of drug-likeness (QED) is 0.746. The normalized spacial score (nSPS) is 21.1. The molecule has 30 heavy (non-hydrogen) atoms. The summed E-state index contributed by atoms with van der Waals surface area (Å²) in [6.45, 7) is 5.74. The number of benzene rings is 2. The molecule has 1 saturated heterocycles. The first-order valence-electron chi connectivity index (χ1n) is 9.81. The van der Waals surface area contributed by atoms with Crippen molar-refractivity contribution in [2.45, 2.75) is 31.5 Å². The van der Waals surface area contributed by atoms with E-state index in [0.717, 1.165) is 5.56 Å². The lowest BCUT2D eigenvalue weighted by molar-refractivity contribution is -0.134. The molecule has 2 aromatic rings. The molecule has 2 aromatic carbocycles. The molecule has 0 unspecified atom stereocenters. The predicted molar refractivity (Wildman–Crippen MR) is 115 cm³/mol. The van der Waals surface area contributed by atoms with E-state index in [1.165, 1.54) is 9.80 Å². The lowest BCUT2D eigenvalue weighted by Gasteiger charge is -2.49. The van der Waals surface area contributed by atoms with Crippen LogP contribution in [0.4, 0.5) is 5.69 Å². The van der Waals surface area contributed by atoms with Crippen LogP contribution in [0.1, 0.15) is 41.7 Å². The zero-order valence-electron chi connectivity index (χ0n) is 16.6. The average molecular weight is 424 g/mol. The van der Waals surface area contributed by atoms with Gasteiger partial charge in [0.2, 0.25) is 11.6 Å². The summed E-state index contributed by atoms with van der Waals surface area (Å²) in [6, 6.07) is 13.8. The minimum Gasteiger partial charge on any atom is -0.346 e. The highest BCUT2D eigenvalue weighted by Crippen LogP contribution is 2.44. The largest absolute Gasteiger partial charge is 0.346 e. The maximum absolute atomic E-state index is 13.7. The third-order valence-electron chi connectivity index (χ3n) is 5.75. The van der Waals surface area contributed by atoms with Gasteiger partial charge in [-0.2, -0.15) is 0 Å². The van der Waals surface area contributed by atoms with Crippen LogP contribution >= 0.6 is 11.6 Å². The molecule has 2 atom stereocenters. The second-order valence-electron chi connectivity index (χ2n) is 7.52. The van der Waals surface area contributed by atoms with Crippen LogP contribution in [-0.2, 0) is 9.59 Å². The molecule has 4 rings (SSSR count). The number of rotatable bonds is 5. The standard InChI is InChI=1S/C23H22ClN3O3/c1-3-13-26-21(29)18-9-4-5-10-19(18)27-20(28)11-12-23(26,27)22(30)25-15(2)16-7-6-8-17(24)14-16/h3-10,14-15H,1,11-13H2,2H3,(H,25,30)/t15-,23-/m1/s1. The van der Waals surface area contributed by atoms with Gasteiger partial charge in [-0.25, -0.2) is 0 Å². The van der Waals surface area contributed by atoms with Crippen molar-refractivity contribution in [3.63, 3.8) is 0 Å². The Morgan fingerprint density at radius 3 is 2.77 bits per heavy atom. The number of hydrogen-bond acceptors (Lipinski definition) is 3. The van der Waals surface area contributed by atoms with Gasteiger partial charge in [-0.1, -0.05) is 41.9 Å². The summed E-state index contributed by atoms with van der Waals surface area (Å²) in [4.78, 5) is 42.8. The van der Waals surface area contributed by atoms with Crippen molar-refractivity contribution in [1.29, 1.82) is 0 Å². The molecule has 0 spiro atoms. The first kappa shape index (κ1) is 20.2. The Labute approximate surface area is 180 Å². The number of para-hydroxylation sites is 1. The van der Waals surface area contributed by atoms with Crippen molar-refractivity contribution < 1.29 is 14.4 Å². The van der Waals surface area contributed by atoms with Gasteiger partial charge in [0.1, 0.15) is 0 Å². The van der Waals surface area contributed by atoms with Gasteiger partial charge in [-0.15, -0.1) is 6.58 Å². The fraction of sp³-hybridized carbons (Fsp3) is 0.261. The van der Waals surface area contributed by atoms with Gasteiger partial charge in [-0.05, 0) is 36.8 Å². The van der Waals surface area contributed by atoms with Gasteiger partial charge in [0, 0.05) is 24.4 Å². The highest BCUT2D eigenvalue weighted by Gasteiger charge is 2.60. The van der Waals surface area contributed by atoms with Crippen LogP contribution in [0.25, 0.3) is 0 Å². The van der Waals surface area contributed by atoms with Crippen LogP contribution in [0, 0.1) is 0 Å². The summed E-state index contributed by atoms with van der Waals surface area (Å²) in [5, 5.41) is 3.56. The zero-order chi connectivity index (χ0) is 21.5. The van der Waals surface area contributed by atoms with Crippen molar-refractivity contribution in [1.82, 2.24) is 10.2 Å². The molecule has 0 aromatic heterocycles. The van der Waals surface area contributed by atoms with Gasteiger partial charge in [0.15, 0.2) is 0 Å². The van der Waals surface area contributed by atoms with Crippen LogP contribution in [0.15, 0.2) is 61.2 Å². The summed E-state index contributed by atoms with van der Waals surface area (Å²) < 4.78 is 0. The van der Waals surface area contributed by atoms with Crippen molar-refractivity contribution in [3.05, 3.63) is 77.3 Å². The van der Waals surface area contributed by atoms with Gasteiger partial charge in [0.25, 0.3) is 11.8 Å². The first-order valence-corrected chi connectivity index (χ1v) is 10.2. The van der Waals surface area contributed by atoms with Crippen LogP contribution in [0.3, 0.4) is 0 Å². The molecule has 6 nitrogen and oxygen atoms in total. The molecular weight excluding hydrogens is 402 g/mol. The number of hydrogen-bond donors (Lipinski definition) is 1. The van der Waals surface area contributed by atoms with Gasteiger partial charge in [0.05, 0.1) is 17.3 Å². The minimum atomic E-state index is -1.43. The Hall–Kier alpha value is -3.12. The number of nitrogens with one attached hydrogen (secondary N) is 1. The number of amides is 3. The molecule has 3 amide bonds. The first-order chi connectivity index (χ1) is 14.4. The highest BCUT2D eigenvalue weighted by molar-refractivity contribution is 6.30. The zero-order valence-corrected chi connectivity index (χ0v) is 17.4. The summed E-state index contributed by atoms with van der Waals surface area (Å²) >= 11 is 6.09. The number of fused-ring (bicyclic) bond motifs is 3. The van der Waals surface area contributed by atoms with Crippen LogP contribution < -0.4 is 10.2 Å². The van der Waals surface area contributed by atoms with Crippen LogP contribution in [0.2, 0.25) is 5.02 Å². The number of anilines is 1. The molecule has 2 aliphatic rings. The smallest absolute Gasteiger partial charge is 0.267 e. The summed E-state index contributed by atoms with van der Waals surface area (Å²) in [5.41, 5.74) is 0.279. The molecule has 0 aliphatic carbocycles. The maximum Gasteiger partial charge on any atom is 0.267 e. The van der Waals surface area contributed by atoms with Crippen LogP contribution in [-0.4, -0.2) is 34.8 Å². The third kappa shape index (κ3) is 2.99. The average Bonchev–Trinajstić information content (AvgIpc) is 3.09. The fourth-order valence-corrected chi connectivity index (χ4v) is 4.53. The molecule has 0 radical (unpaired) electrons. The molecular formula is C23H22ClN3O3. The predicted octanol–water partition coefficient (Wildman–Crippen LogP) is 3.68. The van der Waals surface area contributed by atoms with E-state index >= 15 is 0 Å². The number of halogens is 1. The number of nitrogens with zero attached hydrogens (tertiary/aromatic N) is 2. The highest BCUT2D eigenvalue weighted by atomic mass is 35.5. The van der Waals surface area contributed by atoms with E-state index in [1.807, 2.05) is 19.1 Å². The Morgan fingerprint density at radius 2 is 2.03 bits per heavy atom. The maximum atomic E-state index is 13.7. The topological polar surface area (TPSA) is 69.7 Å². The molecule has 2 heterocycles. The second kappa shape index (κ2) is 7.61. The van der Waals surface area contributed by atoms with Crippen molar-refractivity contribution in [2.75, 3.05) is 11.4 Å². The van der Waals surface area contributed by atoms with E-state index < -0.39 is 11.6 Å². The monoisotopic (exact) mass is 423 g/mol. The molecule has 1 N–H and O–H groups in total. The molecule has 2 aliphatic heterocycles. The van der Waals surface area contributed by atoms with Gasteiger partial charge < -0.3 is 10.2 Å². The van der Waals surface area contributed by atoms with E-state index in [2.05, 4.69) is 11.9 Å². The van der Waals surface area contributed by atoms with Crippen molar-refractivity contribution in [2.24, 2.45) is 0 Å². The Bertz CT molecular complexity index is 1050. The Balaban J connectivity index is 1.78. The SMILES string of the molecule is C=CCN1C(=O)c2ccccc2N2C(=O)CC[C@@]12C(=O)N[C@H](C)c1cccc(Cl)c1. The third-order valence-corrected chi connectivity index (χ3v) is 5.98. The lowest BCUT2D eigenvalue weighted by atomic mass is 9.95. The van der Waals surface area contributed by atoms with Crippen LogP contribution in [0.5, 0.6) is 0 Å². The second-order valence-corrected chi connectivity index (χ2v) is 7.95. The van der Waals surface area contributed by atoms with E-state index in [4.69, 9.17) is 11.6 Å². The van der Waals surface area contributed by atoms with Gasteiger partial charge >= 0.3 is 0 Å². The van der Waals surface area contributed by atoms with E-state index in [0.29, 0.717) is 16.3 Å². The minimum absolute atomic E-state index is 0.149. The molecule has 7 heteroatoms. The van der Waals surface area contributed by atoms with E-state index in [-0.39, 0.29) is 37.2 Å². The Morgan fingerprint density at radius 1 is 1.27 bits per heavy atom. The number of carbonyl (C=O) groups is 3. The van der Waals surface area contributed by atoms with Crippen molar-refractivity contribution in [3.8, 4) is 0 Å². The molecule has 154 valence electrons.